The highest BCUT2D eigenvalue weighted by Crippen LogP contribution is 2.28. The van der Waals surface area contributed by atoms with E-state index in [-0.39, 0.29) is 35.7 Å². The van der Waals surface area contributed by atoms with Gasteiger partial charge in [-0.1, -0.05) is 0 Å². The Kier molecular flexibility index (Phi) is 6.54. The highest BCUT2D eigenvalue weighted by molar-refractivity contribution is 8.00. The number of benzene rings is 2. The Labute approximate surface area is 166 Å². The number of carbonyl (C=O) groups excluding carboxylic acids is 3. The van der Waals surface area contributed by atoms with Gasteiger partial charge in [0.25, 0.3) is 5.91 Å². The van der Waals surface area contributed by atoms with Crippen molar-refractivity contribution in [2.24, 2.45) is 0 Å². The molecule has 3 rings (SSSR count). The zero-order chi connectivity index (χ0) is 19.9. The van der Waals surface area contributed by atoms with Crippen LogP contribution in [0.25, 0.3) is 0 Å². The fraction of sp³-hybridized carbons (Fsp3) is 0.250. The fourth-order valence-electron chi connectivity index (χ4n) is 2.57. The van der Waals surface area contributed by atoms with Crippen molar-refractivity contribution < 1.29 is 23.9 Å². The first-order valence-electron chi connectivity index (χ1n) is 8.75. The molecule has 2 aromatic carbocycles. The summed E-state index contributed by atoms with van der Waals surface area (Å²) < 4.78 is 10.6. The molecule has 0 aromatic heterocycles. The number of hydrogen-bond donors (Lipinski definition) is 2. The van der Waals surface area contributed by atoms with Crippen molar-refractivity contribution in [3.8, 4) is 11.5 Å². The lowest BCUT2D eigenvalue weighted by atomic mass is 10.1. The Bertz CT molecular complexity index is 883. The van der Waals surface area contributed by atoms with E-state index in [1.54, 1.807) is 42.5 Å². The van der Waals surface area contributed by atoms with Gasteiger partial charge in [0.15, 0.2) is 12.4 Å². The van der Waals surface area contributed by atoms with Gasteiger partial charge in [-0.2, -0.15) is 0 Å². The second-order valence-electron chi connectivity index (χ2n) is 5.97. The van der Waals surface area contributed by atoms with E-state index in [0.717, 1.165) is 5.75 Å². The summed E-state index contributed by atoms with van der Waals surface area (Å²) in [4.78, 5) is 35.7. The van der Waals surface area contributed by atoms with Crippen molar-refractivity contribution in [2.45, 2.75) is 6.92 Å². The number of ketones is 1. The van der Waals surface area contributed by atoms with Crippen LogP contribution < -0.4 is 20.1 Å². The van der Waals surface area contributed by atoms with Crippen LogP contribution in [0.1, 0.15) is 17.3 Å². The molecular formula is C20H20N2O5S. The summed E-state index contributed by atoms with van der Waals surface area (Å²) in [7, 11) is 0. The zero-order valence-corrected chi connectivity index (χ0v) is 16.1. The third-order valence-corrected chi connectivity index (χ3v) is 4.78. The van der Waals surface area contributed by atoms with Gasteiger partial charge in [-0.15, -0.1) is 11.8 Å². The van der Waals surface area contributed by atoms with Crippen molar-refractivity contribution in [3.63, 3.8) is 0 Å². The van der Waals surface area contributed by atoms with Gasteiger partial charge in [-0.25, -0.2) is 0 Å². The first kappa shape index (κ1) is 19.8. The van der Waals surface area contributed by atoms with Crippen LogP contribution in [0.5, 0.6) is 11.5 Å². The second-order valence-corrected chi connectivity index (χ2v) is 6.95. The van der Waals surface area contributed by atoms with Crippen LogP contribution in [-0.4, -0.2) is 42.3 Å². The van der Waals surface area contributed by atoms with Crippen molar-refractivity contribution in [2.75, 3.05) is 35.4 Å². The molecule has 0 fully saturated rings. The molecule has 8 heteroatoms. The number of carbonyl (C=O) groups is 3. The standard InChI is InChI=1S/C20H20N2O5S/c1-2-26-15-6-4-14(5-7-15)21-20(25)12-28-11-17(23)13-3-8-18-16(9-13)22-19(24)10-27-18/h3-9H,2,10-12H2,1H3,(H,21,25)(H,22,24). The Morgan fingerprint density at radius 1 is 1.18 bits per heavy atom. The maximum absolute atomic E-state index is 12.3. The minimum absolute atomic E-state index is 0.0282. The third-order valence-electron chi connectivity index (χ3n) is 3.85. The van der Waals surface area contributed by atoms with Gasteiger partial charge in [-0.05, 0) is 49.4 Å². The molecule has 0 unspecified atom stereocenters. The zero-order valence-electron chi connectivity index (χ0n) is 15.3. The number of fused-ring (bicyclic) bond motifs is 1. The molecular weight excluding hydrogens is 380 g/mol. The number of hydrogen-bond acceptors (Lipinski definition) is 6. The first-order chi connectivity index (χ1) is 13.5. The molecule has 0 bridgehead atoms. The maximum Gasteiger partial charge on any atom is 0.262 e. The van der Waals surface area contributed by atoms with Crippen LogP contribution in [-0.2, 0) is 9.59 Å². The summed E-state index contributed by atoms with van der Waals surface area (Å²) in [6.45, 7) is 2.46. The van der Waals surface area contributed by atoms with E-state index in [1.165, 1.54) is 11.8 Å². The highest BCUT2D eigenvalue weighted by Gasteiger charge is 2.18. The van der Waals surface area contributed by atoms with Crippen LogP contribution in [0, 0.1) is 0 Å². The van der Waals surface area contributed by atoms with Crippen molar-refractivity contribution in [1.82, 2.24) is 0 Å². The predicted octanol–water partition coefficient (Wildman–Crippen LogP) is 2.97. The summed E-state index contributed by atoms with van der Waals surface area (Å²) in [5, 5.41) is 5.45. The molecule has 2 N–H and O–H groups in total. The topological polar surface area (TPSA) is 93.7 Å². The van der Waals surface area contributed by atoms with E-state index >= 15 is 0 Å². The second kappa shape index (κ2) is 9.27. The Balaban J connectivity index is 1.46. The monoisotopic (exact) mass is 400 g/mol. The Hall–Kier alpha value is -3.00. The lowest BCUT2D eigenvalue weighted by Crippen LogP contribution is -2.25. The Morgan fingerprint density at radius 2 is 1.96 bits per heavy atom. The normalized spacial score (nSPS) is 12.4. The molecule has 7 nitrogen and oxygen atoms in total. The molecule has 146 valence electrons. The fourth-order valence-corrected chi connectivity index (χ4v) is 3.29. The lowest BCUT2D eigenvalue weighted by molar-refractivity contribution is -0.118. The van der Waals surface area contributed by atoms with Gasteiger partial charge in [0.05, 0.1) is 23.8 Å². The van der Waals surface area contributed by atoms with Crippen molar-refractivity contribution >= 4 is 40.7 Å². The number of ether oxygens (including phenoxy) is 2. The summed E-state index contributed by atoms with van der Waals surface area (Å²) in [5.74, 6) is 1.03. The van der Waals surface area contributed by atoms with Gasteiger partial charge >= 0.3 is 0 Å². The molecule has 0 atom stereocenters. The average molecular weight is 400 g/mol. The molecule has 0 radical (unpaired) electrons. The molecule has 0 saturated heterocycles. The molecule has 0 aliphatic carbocycles. The van der Waals surface area contributed by atoms with E-state index in [0.29, 0.717) is 29.3 Å². The highest BCUT2D eigenvalue weighted by atomic mass is 32.2. The molecule has 2 aromatic rings. The molecule has 0 saturated carbocycles. The van der Waals surface area contributed by atoms with Crippen LogP contribution >= 0.6 is 11.8 Å². The number of thioether (sulfide) groups is 1. The number of anilines is 2. The van der Waals surface area contributed by atoms with Crippen molar-refractivity contribution in [3.05, 3.63) is 48.0 Å². The van der Waals surface area contributed by atoms with Gasteiger partial charge in [0.2, 0.25) is 5.91 Å². The largest absolute Gasteiger partial charge is 0.494 e. The summed E-state index contributed by atoms with van der Waals surface area (Å²) in [6.07, 6.45) is 0. The van der Waals surface area contributed by atoms with E-state index in [1.807, 2.05) is 6.92 Å². The van der Waals surface area contributed by atoms with Crippen molar-refractivity contribution in [1.29, 1.82) is 0 Å². The number of nitrogens with one attached hydrogen (secondary N) is 2. The average Bonchev–Trinajstić information content (AvgIpc) is 2.69. The van der Waals surface area contributed by atoms with Crippen LogP contribution in [0.4, 0.5) is 11.4 Å². The maximum atomic E-state index is 12.3. The number of amides is 2. The molecule has 0 spiro atoms. The smallest absolute Gasteiger partial charge is 0.262 e. The van der Waals surface area contributed by atoms with E-state index in [2.05, 4.69) is 10.6 Å². The van der Waals surface area contributed by atoms with Crippen LogP contribution in [0.3, 0.4) is 0 Å². The predicted molar refractivity (Wildman–Crippen MR) is 108 cm³/mol. The van der Waals surface area contributed by atoms with E-state index < -0.39 is 0 Å². The molecule has 1 aliphatic rings. The SMILES string of the molecule is CCOc1ccc(NC(=O)CSCC(=O)c2ccc3c(c2)NC(=O)CO3)cc1. The van der Waals surface area contributed by atoms with E-state index in [4.69, 9.17) is 9.47 Å². The number of Topliss-reactive ketones (excluding diaryl/α,β-unsaturated/α-hetero) is 1. The van der Waals surface area contributed by atoms with E-state index in [9.17, 15) is 14.4 Å². The minimum atomic E-state index is -0.252. The summed E-state index contributed by atoms with van der Waals surface area (Å²) in [6, 6.07) is 12.0. The lowest BCUT2D eigenvalue weighted by Gasteiger charge is -2.18. The molecule has 28 heavy (non-hydrogen) atoms. The molecule has 1 heterocycles. The summed E-state index contributed by atoms with van der Waals surface area (Å²) in [5.41, 5.74) is 1.62. The van der Waals surface area contributed by atoms with Gasteiger partial charge < -0.3 is 20.1 Å². The third kappa shape index (κ3) is 5.26. The quantitative estimate of drug-likeness (QED) is 0.662. The van der Waals surface area contributed by atoms with Crippen LogP contribution in [0.2, 0.25) is 0 Å². The molecule has 1 aliphatic heterocycles. The van der Waals surface area contributed by atoms with Crippen LogP contribution in [0.15, 0.2) is 42.5 Å². The van der Waals surface area contributed by atoms with Gasteiger partial charge in [-0.3, -0.25) is 14.4 Å². The van der Waals surface area contributed by atoms with Gasteiger partial charge in [0, 0.05) is 11.3 Å². The minimum Gasteiger partial charge on any atom is -0.494 e. The first-order valence-corrected chi connectivity index (χ1v) is 9.91. The number of rotatable bonds is 8. The van der Waals surface area contributed by atoms with Gasteiger partial charge in [0.1, 0.15) is 11.5 Å². The Morgan fingerprint density at radius 3 is 2.71 bits per heavy atom. The summed E-state index contributed by atoms with van der Waals surface area (Å²) >= 11 is 1.23. The molecule has 2 amide bonds.